The van der Waals surface area contributed by atoms with Crippen LogP contribution in [0, 0.1) is 6.92 Å². The fraction of sp³-hybridized carbons (Fsp3) is 0.188. The molecule has 0 bridgehead atoms. The number of nitrogens with one attached hydrogen (secondary N) is 1. The summed E-state index contributed by atoms with van der Waals surface area (Å²) in [6.45, 7) is 4.07. The molecule has 2 aromatic heterocycles. The van der Waals surface area contributed by atoms with E-state index in [4.69, 9.17) is 5.73 Å². The molecule has 0 aliphatic rings. The van der Waals surface area contributed by atoms with E-state index < -0.39 is 0 Å². The van der Waals surface area contributed by atoms with Gasteiger partial charge in [0.05, 0.1) is 17.3 Å². The minimum atomic E-state index is 0.0324. The fourth-order valence-corrected chi connectivity index (χ4v) is 2.28. The maximum absolute atomic E-state index is 5.81. The number of hydrogen-bond acceptors (Lipinski definition) is 5. The number of hydrogen-bond donors (Lipinski definition) is 2. The van der Waals surface area contributed by atoms with Crippen LogP contribution < -0.4 is 11.1 Å². The second kappa shape index (κ2) is 5.36. The Balaban J connectivity index is 2.00. The van der Waals surface area contributed by atoms with E-state index in [1.807, 2.05) is 50.2 Å². The number of aryl methyl sites for hydroxylation is 1. The lowest BCUT2D eigenvalue weighted by molar-refractivity contribution is 0.833. The molecular formula is C16H17N5. The number of anilines is 2. The van der Waals surface area contributed by atoms with E-state index in [2.05, 4.69) is 20.3 Å². The summed E-state index contributed by atoms with van der Waals surface area (Å²) >= 11 is 0. The van der Waals surface area contributed by atoms with Gasteiger partial charge in [0.25, 0.3) is 0 Å². The molecule has 1 aromatic carbocycles. The average molecular weight is 279 g/mol. The fourth-order valence-electron chi connectivity index (χ4n) is 2.28. The van der Waals surface area contributed by atoms with Gasteiger partial charge in [0.1, 0.15) is 5.82 Å². The van der Waals surface area contributed by atoms with Crippen LogP contribution in [-0.2, 0) is 0 Å². The molecule has 0 spiro atoms. The summed E-state index contributed by atoms with van der Waals surface area (Å²) < 4.78 is 0. The lowest BCUT2D eigenvalue weighted by atomic mass is 10.1. The van der Waals surface area contributed by atoms with Gasteiger partial charge in [0.15, 0.2) is 0 Å². The highest BCUT2D eigenvalue weighted by molar-refractivity contribution is 5.90. The summed E-state index contributed by atoms with van der Waals surface area (Å²) in [4.78, 5) is 13.0. The normalized spacial score (nSPS) is 12.3. The second-order valence-electron chi connectivity index (χ2n) is 5.07. The Morgan fingerprint density at radius 3 is 2.76 bits per heavy atom. The van der Waals surface area contributed by atoms with Gasteiger partial charge in [0, 0.05) is 11.6 Å². The number of nitrogen functional groups attached to an aromatic ring is 1. The highest BCUT2D eigenvalue weighted by atomic mass is 15.1. The molecule has 3 aromatic rings. The SMILES string of the molecule is Cc1ccc2c(N[C@H](C)c3ccccn3)nc(N)nc2c1. The number of nitrogens with zero attached hydrogens (tertiary/aromatic N) is 3. The van der Waals surface area contributed by atoms with Crippen LogP contribution in [0.2, 0.25) is 0 Å². The zero-order valence-corrected chi connectivity index (χ0v) is 12.0. The summed E-state index contributed by atoms with van der Waals surface area (Å²) in [5.74, 6) is 1.000. The Kier molecular flexibility index (Phi) is 3.39. The second-order valence-corrected chi connectivity index (χ2v) is 5.07. The van der Waals surface area contributed by atoms with Crippen molar-refractivity contribution in [2.75, 3.05) is 11.1 Å². The molecule has 0 fully saturated rings. The van der Waals surface area contributed by atoms with Gasteiger partial charge in [-0.3, -0.25) is 4.98 Å². The summed E-state index contributed by atoms with van der Waals surface area (Å²) in [5, 5.41) is 4.32. The first kappa shape index (κ1) is 13.3. The average Bonchev–Trinajstić information content (AvgIpc) is 2.47. The van der Waals surface area contributed by atoms with Crippen LogP contribution in [0.25, 0.3) is 10.9 Å². The maximum atomic E-state index is 5.81. The molecule has 0 radical (unpaired) electrons. The van der Waals surface area contributed by atoms with Crippen molar-refractivity contribution in [3.63, 3.8) is 0 Å². The molecule has 0 unspecified atom stereocenters. The first-order valence-electron chi connectivity index (χ1n) is 6.85. The summed E-state index contributed by atoms with van der Waals surface area (Å²) in [7, 11) is 0. The Morgan fingerprint density at radius 1 is 1.14 bits per heavy atom. The highest BCUT2D eigenvalue weighted by Gasteiger charge is 2.11. The third-order valence-electron chi connectivity index (χ3n) is 3.35. The summed E-state index contributed by atoms with van der Waals surface area (Å²) in [5.41, 5.74) is 8.75. The summed E-state index contributed by atoms with van der Waals surface area (Å²) in [6, 6.07) is 11.9. The van der Waals surface area contributed by atoms with Crippen LogP contribution in [0.1, 0.15) is 24.2 Å². The molecule has 1 atom stereocenters. The van der Waals surface area contributed by atoms with Crippen LogP contribution in [0.4, 0.5) is 11.8 Å². The molecule has 5 nitrogen and oxygen atoms in total. The Bertz CT molecular complexity index is 765. The van der Waals surface area contributed by atoms with Crippen LogP contribution in [-0.4, -0.2) is 15.0 Å². The Hall–Kier alpha value is -2.69. The topological polar surface area (TPSA) is 76.7 Å². The molecule has 0 saturated carbocycles. The summed E-state index contributed by atoms with van der Waals surface area (Å²) in [6.07, 6.45) is 1.78. The van der Waals surface area contributed by atoms with E-state index in [1.54, 1.807) is 6.20 Å². The largest absolute Gasteiger partial charge is 0.368 e. The highest BCUT2D eigenvalue weighted by Crippen LogP contribution is 2.25. The lowest BCUT2D eigenvalue weighted by Crippen LogP contribution is -2.11. The van der Waals surface area contributed by atoms with Gasteiger partial charge in [-0.15, -0.1) is 0 Å². The lowest BCUT2D eigenvalue weighted by Gasteiger charge is -2.16. The molecule has 5 heteroatoms. The number of nitrogens with two attached hydrogens (primary N) is 1. The minimum Gasteiger partial charge on any atom is -0.368 e. The van der Waals surface area contributed by atoms with Gasteiger partial charge in [0.2, 0.25) is 5.95 Å². The van der Waals surface area contributed by atoms with E-state index >= 15 is 0 Å². The van der Waals surface area contributed by atoms with Gasteiger partial charge in [-0.1, -0.05) is 12.1 Å². The van der Waals surface area contributed by atoms with E-state index in [1.165, 1.54) is 0 Å². The zero-order chi connectivity index (χ0) is 14.8. The number of aromatic nitrogens is 3. The predicted molar refractivity (Wildman–Crippen MR) is 85.0 cm³/mol. The Labute approximate surface area is 123 Å². The van der Waals surface area contributed by atoms with Crippen LogP contribution >= 0.6 is 0 Å². The molecule has 0 amide bonds. The van der Waals surface area contributed by atoms with Crippen molar-refractivity contribution < 1.29 is 0 Å². The molecule has 21 heavy (non-hydrogen) atoms. The van der Waals surface area contributed by atoms with Crippen molar-refractivity contribution in [2.45, 2.75) is 19.9 Å². The molecule has 3 rings (SSSR count). The number of rotatable bonds is 3. The van der Waals surface area contributed by atoms with Crippen molar-refractivity contribution in [3.8, 4) is 0 Å². The standard InChI is InChI=1S/C16H17N5/c1-10-6-7-12-14(9-10)20-16(17)21-15(12)19-11(2)13-5-3-4-8-18-13/h3-9,11H,1-2H3,(H3,17,19,20,21)/t11-/m1/s1. The first-order chi connectivity index (χ1) is 10.1. The number of benzene rings is 1. The van der Waals surface area contributed by atoms with E-state index in [9.17, 15) is 0 Å². The van der Waals surface area contributed by atoms with Gasteiger partial charge < -0.3 is 11.1 Å². The van der Waals surface area contributed by atoms with Crippen molar-refractivity contribution in [2.24, 2.45) is 0 Å². The van der Waals surface area contributed by atoms with Gasteiger partial charge in [-0.25, -0.2) is 4.98 Å². The molecule has 106 valence electrons. The predicted octanol–water partition coefficient (Wildman–Crippen LogP) is 3.09. The monoisotopic (exact) mass is 279 g/mol. The van der Waals surface area contributed by atoms with Crippen molar-refractivity contribution in [1.29, 1.82) is 0 Å². The van der Waals surface area contributed by atoms with E-state index in [0.717, 1.165) is 28.0 Å². The van der Waals surface area contributed by atoms with Gasteiger partial charge in [-0.05, 0) is 43.7 Å². The Morgan fingerprint density at radius 2 is 2.00 bits per heavy atom. The van der Waals surface area contributed by atoms with Crippen molar-refractivity contribution >= 4 is 22.7 Å². The van der Waals surface area contributed by atoms with E-state index in [-0.39, 0.29) is 12.0 Å². The van der Waals surface area contributed by atoms with E-state index in [0.29, 0.717) is 0 Å². The zero-order valence-electron chi connectivity index (χ0n) is 12.0. The van der Waals surface area contributed by atoms with Crippen LogP contribution in [0.15, 0.2) is 42.6 Å². The molecule has 3 N–H and O–H groups in total. The molecule has 0 saturated heterocycles. The number of fused-ring (bicyclic) bond motifs is 1. The molecule has 0 aliphatic heterocycles. The van der Waals surface area contributed by atoms with Crippen molar-refractivity contribution in [3.05, 3.63) is 53.9 Å². The minimum absolute atomic E-state index is 0.0324. The van der Waals surface area contributed by atoms with Gasteiger partial charge >= 0.3 is 0 Å². The molecular weight excluding hydrogens is 262 g/mol. The van der Waals surface area contributed by atoms with Crippen molar-refractivity contribution in [1.82, 2.24) is 15.0 Å². The smallest absolute Gasteiger partial charge is 0.222 e. The molecule has 2 heterocycles. The van der Waals surface area contributed by atoms with Crippen LogP contribution in [0.5, 0.6) is 0 Å². The van der Waals surface area contributed by atoms with Gasteiger partial charge in [-0.2, -0.15) is 4.98 Å². The quantitative estimate of drug-likeness (QED) is 0.770. The van der Waals surface area contributed by atoms with Crippen LogP contribution in [0.3, 0.4) is 0 Å². The molecule has 0 aliphatic carbocycles. The third kappa shape index (κ3) is 2.76. The maximum Gasteiger partial charge on any atom is 0.222 e. The third-order valence-corrected chi connectivity index (χ3v) is 3.35. The first-order valence-corrected chi connectivity index (χ1v) is 6.85. The number of pyridine rings is 1.